The van der Waals surface area contributed by atoms with Crippen molar-refractivity contribution >= 4 is 5.78 Å². The summed E-state index contributed by atoms with van der Waals surface area (Å²) in [5, 5.41) is 23.0. The van der Waals surface area contributed by atoms with Crippen molar-refractivity contribution in [3.05, 3.63) is 83.6 Å². The van der Waals surface area contributed by atoms with Gasteiger partial charge >= 0.3 is 0 Å². The molecule has 7 heteroatoms. The Balaban J connectivity index is 1.55. The van der Waals surface area contributed by atoms with Crippen molar-refractivity contribution in [2.24, 2.45) is 17.8 Å². The van der Waals surface area contributed by atoms with Crippen LogP contribution < -0.4 is 0 Å². The maximum Gasteiger partial charge on any atom is 0.153 e. The van der Waals surface area contributed by atoms with Gasteiger partial charge in [0.15, 0.2) is 5.78 Å². The summed E-state index contributed by atoms with van der Waals surface area (Å²) in [6.45, 7) is 6.02. The van der Waals surface area contributed by atoms with E-state index in [-0.39, 0.29) is 23.4 Å². The van der Waals surface area contributed by atoms with E-state index in [1.54, 1.807) is 18.3 Å². The molecule has 190 valence electrons. The highest BCUT2D eigenvalue weighted by Gasteiger charge is 2.54. The zero-order chi connectivity index (χ0) is 26.6. The SMILES string of the molecule is Cc1cc(-c2ccc(-n3nc(-c4ccccc4F)c4c3[C@]3(C)CC(C#N)C(=O)[C@H](C)[C@H]3CC4)cc2)cnn1. The highest BCUT2D eigenvalue weighted by atomic mass is 19.1. The van der Waals surface area contributed by atoms with E-state index in [0.29, 0.717) is 24.1 Å². The molecule has 2 aliphatic rings. The molecule has 2 heterocycles. The third kappa shape index (κ3) is 3.66. The van der Waals surface area contributed by atoms with E-state index < -0.39 is 11.3 Å². The number of Topliss-reactive ketones (excluding diaryl/α,β-unsaturated/α-hetero) is 1. The van der Waals surface area contributed by atoms with Crippen molar-refractivity contribution in [2.45, 2.75) is 45.4 Å². The van der Waals surface area contributed by atoms with E-state index in [0.717, 1.165) is 40.2 Å². The topological polar surface area (TPSA) is 84.5 Å². The van der Waals surface area contributed by atoms with Gasteiger partial charge in [-0.3, -0.25) is 4.79 Å². The lowest BCUT2D eigenvalue weighted by Gasteiger charge is -2.49. The molecule has 1 saturated carbocycles. The first-order valence-corrected chi connectivity index (χ1v) is 13.0. The zero-order valence-corrected chi connectivity index (χ0v) is 21.6. The minimum atomic E-state index is -0.665. The molecule has 0 radical (unpaired) electrons. The van der Waals surface area contributed by atoms with Crippen LogP contribution in [0, 0.1) is 41.8 Å². The fourth-order valence-corrected chi connectivity index (χ4v) is 6.75. The first-order valence-electron chi connectivity index (χ1n) is 13.0. The maximum atomic E-state index is 15.0. The van der Waals surface area contributed by atoms with Gasteiger partial charge < -0.3 is 0 Å². The van der Waals surface area contributed by atoms with E-state index in [9.17, 15) is 10.1 Å². The van der Waals surface area contributed by atoms with Gasteiger partial charge in [-0.15, -0.1) is 0 Å². The number of nitriles is 1. The van der Waals surface area contributed by atoms with Crippen LogP contribution in [-0.2, 0) is 16.6 Å². The van der Waals surface area contributed by atoms with Crippen molar-refractivity contribution in [1.29, 1.82) is 5.26 Å². The van der Waals surface area contributed by atoms with Crippen LogP contribution in [0.1, 0.15) is 43.6 Å². The summed E-state index contributed by atoms with van der Waals surface area (Å²) in [7, 11) is 0. The Morgan fingerprint density at radius 3 is 2.61 bits per heavy atom. The standard InChI is InChI=1S/C31H28FN5O/c1-18-14-21(17-34-35-18)20-8-10-23(11-9-20)37-30-25(28(36-37)24-6-4-5-7-27(24)32)12-13-26-19(2)29(38)22(16-33)15-31(26,30)3/h4-11,14,17,19,22,26H,12-13,15H2,1-3H3/t19-,22?,26-,31-/m1/s1. The largest absolute Gasteiger partial charge is 0.298 e. The van der Waals surface area contributed by atoms with E-state index in [4.69, 9.17) is 5.10 Å². The van der Waals surface area contributed by atoms with Crippen LogP contribution in [0.25, 0.3) is 28.1 Å². The summed E-state index contributed by atoms with van der Waals surface area (Å²) in [4.78, 5) is 13.0. The molecule has 2 aromatic carbocycles. The molecule has 0 N–H and O–H groups in total. The van der Waals surface area contributed by atoms with Crippen LogP contribution in [0.5, 0.6) is 0 Å². The smallest absolute Gasteiger partial charge is 0.153 e. The molecule has 6 nitrogen and oxygen atoms in total. The minimum Gasteiger partial charge on any atom is -0.298 e. The van der Waals surface area contributed by atoms with Gasteiger partial charge in [0.25, 0.3) is 0 Å². The lowest BCUT2D eigenvalue weighted by molar-refractivity contribution is -0.132. The van der Waals surface area contributed by atoms with E-state index in [2.05, 4.69) is 23.2 Å². The molecule has 0 amide bonds. The normalized spacial score (nSPS) is 24.4. The molecule has 0 bridgehead atoms. The Morgan fingerprint density at radius 2 is 1.89 bits per heavy atom. The van der Waals surface area contributed by atoms with Gasteiger partial charge in [-0.25, -0.2) is 9.07 Å². The predicted molar refractivity (Wildman–Crippen MR) is 142 cm³/mol. The number of aryl methyl sites for hydroxylation is 1. The van der Waals surface area contributed by atoms with Crippen LogP contribution in [0.15, 0.2) is 60.8 Å². The molecule has 0 aliphatic heterocycles. The summed E-state index contributed by atoms with van der Waals surface area (Å²) < 4.78 is 17.0. The van der Waals surface area contributed by atoms with Gasteiger partial charge in [0.05, 0.1) is 35.0 Å². The zero-order valence-electron chi connectivity index (χ0n) is 21.6. The number of rotatable bonds is 3. The summed E-state index contributed by atoms with van der Waals surface area (Å²) >= 11 is 0. The van der Waals surface area contributed by atoms with Crippen molar-refractivity contribution in [3.8, 4) is 34.1 Å². The number of hydrogen-bond acceptors (Lipinski definition) is 5. The molecule has 2 aliphatic carbocycles. The number of halogens is 1. The minimum absolute atomic E-state index is 0.0319. The summed E-state index contributed by atoms with van der Waals surface area (Å²) in [5.74, 6) is -1.09. The van der Waals surface area contributed by atoms with Gasteiger partial charge in [0.2, 0.25) is 0 Å². The Hall–Kier alpha value is -4.18. The fraction of sp³-hybridized carbons (Fsp3) is 0.323. The molecule has 4 aromatic rings. The Kier molecular flexibility index (Phi) is 5.71. The van der Waals surface area contributed by atoms with Crippen LogP contribution in [0.2, 0.25) is 0 Å². The first kappa shape index (κ1) is 24.2. The fourth-order valence-electron chi connectivity index (χ4n) is 6.75. The second kappa shape index (κ2) is 8.98. The average Bonchev–Trinajstić information content (AvgIpc) is 3.32. The lowest BCUT2D eigenvalue weighted by atomic mass is 9.54. The number of carbonyl (C=O) groups excluding carboxylic acids is 1. The number of ketones is 1. The molecule has 0 saturated heterocycles. The average molecular weight is 506 g/mol. The number of nitrogens with zero attached hydrogens (tertiary/aromatic N) is 5. The second-order valence-electron chi connectivity index (χ2n) is 10.8. The highest BCUT2D eigenvalue weighted by Crippen LogP contribution is 2.54. The second-order valence-corrected chi connectivity index (χ2v) is 10.8. The van der Waals surface area contributed by atoms with Gasteiger partial charge in [0.1, 0.15) is 11.7 Å². The Labute approximate surface area is 221 Å². The molecular weight excluding hydrogens is 477 g/mol. The van der Waals surface area contributed by atoms with E-state index in [1.807, 2.05) is 54.9 Å². The Morgan fingerprint density at radius 1 is 1.13 bits per heavy atom. The van der Waals surface area contributed by atoms with Crippen molar-refractivity contribution in [3.63, 3.8) is 0 Å². The first-order chi connectivity index (χ1) is 18.3. The van der Waals surface area contributed by atoms with E-state index >= 15 is 4.39 Å². The number of fused-ring (bicyclic) bond motifs is 3. The van der Waals surface area contributed by atoms with Crippen LogP contribution >= 0.6 is 0 Å². The summed E-state index contributed by atoms with van der Waals surface area (Å²) in [5.41, 5.74) is 6.31. The quantitative estimate of drug-likeness (QED) is 0.340. The van der Waals surface area contributed by atoms with Crippen molar-refractivity contribution in [1.82, 2.24) is 20.0 Å². The summed E-state index contributed by atoms with van der Waals surface area (Å²) in [6, 6.07) is 19.0. The number of hydrogen-bond donors (Lipinski definition) is 0. The monoisotopic (exact) mass is 505 g/mol. The lowest BCUT2D eigenvalue weighted by Crippen LogP contribution is -2.51. The molecule has 6 rings (SSSR count). The van der Waals surface area contributed by atoms with Crippen molar-refractivity contribution < 1.29 is 9.18 Å². The highest BCUT2D eigenvalue weighted by molar-refractivity contribution is 5.87. The number of aromatic nitrogens is 4. The molecule has 1 unspecified atom stereocenters. The van der Waals surface area contributed by atoms with Crippen molar-refractivity contribution in [2.75, 3.05) is 0 Å². The van der Waals surface area contributed by atoms with Crippen LogP contribution in [0.4, 0.5) is 4.39 Å². The third-order valence-electron chi connectivity index (χ3n) is 8.58. The molecular formula is C31H28FN5O. The molecule has 0 spiro atoms. The predicted octanol–water partition coefficient (Wildman–Crippen LogP) is 6.01. The summed E-state index contributed by atoms with van der Waals surface area (Å²) in [6.07, 6.45) is 3.68. The number of benzene rings is 2. The molecule has 1 fully saturated rings. The van der Waals surface area contributed by atoms with Crippen LogP contribution in [0.3, 0.4) is 0 Å². The van der Waals surface area contributed by atoms with Gasteiger partial charge in [-0.2, -0.15) is 20.6 Å². The van der Waals surface area contributed by atoms with Gasteiger partial charge in [0, 0.05) is 28.0 Å². The van der Waals surface area contributed by atoms with Crippen LogP contribution in [-0.4, -0.2) is 25.8 Å². The number of carbonyl (C=O) groups is 1. The molecule has 2 aromatic heterocycles. The molecule has 4 atom stereocenters. The Bertz CT molecular complexity index is 1600. The molecule has 38 heavy (non-hydrogen) atoms. The third-order valence-corrected chi connectivity index (χ3v) is 8.58. The maximum absolute atomic E-state index is 15.0. The van der Waals surface area contributed by atoms with E-state index in [1.165, 1.54) is 6.07 Å². The van der Waals surface area contributed by atoms with Gasteiger partial charge in [-0.05, 0) is 68.0 Å². The van der Waals surface area contributed by atoms with Gasteiger partial charge in [-0.1, -0.05) is 38.1 Å².